The molecule has 108 valence electrons. The van der Waals surface area contributed by atoms with Crippen molar-refractivity contribution in [3.8, 4) is 0 Å². The van der Waals surface area contributed by atoms with Gasteiger partial charge in [-0.1, -0.05) is 17.7 Å². The molecule has 0 fully saturated rings. The number of hydrogen-bond donors (Lipinski definition) is 0. The van der Waals surface area contributed by atoms with Crippen LogP contribution in [0.5, 0.6) is 0 Å². The summed E-state index contributed by atoms with van der Waals surface area (Å²) >= 11 is 5.96. The van der Waals surface area contributed by atoms with E-state index < -0.39 is 18.1 Å². The summed E-state index contributed by atoms with van der Waals surface area (Å²) in [5.74, 6) is -0.446. The van der Waals surface area contributed by atoms with Gasteiger partial charge in [0.05, 0.1) is 20.3 Å². The van der Waals surface area contributed by atoms with Gasteiger partial charge in [0.15, 0.2) is 0 Å². The van der Waals surface area contributed by atoms with E-state index in [4.69, 9.17) is 21.1 Å². The van der Waals surface area contributed by atoms with Gasteiger partial charge in [-0.15, -0.1) is 0 Å². The van der Waals surface area contributed by atoms with Gasteiger partial charge in [0.1, 0.15) is 6.04 Å². The molecule has 1 aliphatic heterocycles. The Hall–Kier alpha value is -1.75. The first kappa shape index (κ1) is 14.7. The molecule has 0 radical (unpaired) electrons. The topological polar surface area (TPSA) is 55.8 Å². The molecular formula is C14H16ClNO4. The average Bonchev–Trinajstić information content (AvgIpc) is 2.45. The number of fused-ring (bicyclic) bond motifs is 1. The molecule has 0 saturated heterocycles. The average molecular weight is 298 g/mol. The molecule has 0 N–H and O–H groups in total. The fourth-order valence-corrected chi connectivity index (χ4v) is 2.49. The zero-order valence-corrected chi connectivity index (χ0v) is 12.1. The lowest BCUT2D eigenvalue weighted by Gasteiger charge is -2.34. The van der Waals surface area contributed by atoms with Gasteiger partial charge >= 0.3 is 12.1 Å². The second-order valence-corrected chi connectivity index (χ2v) is 4.92. The van der Waals surface area contributed by atoms with E-state index in [1.165, 1.54) is 12.0 Å². The Kier molecular flexibility index (Phi) is 4.49. The van der Waals surface area contributed by atoms with E-state index in [2.05, 4.69) is 0 Å². The number of ether oxygens (including phenoxy) is 2. The molecule has 6 heteroatoms. The van der Waals surface area contributed by atoms with Crippen LogP contribution in [0.4, 0.5) is 4.79 Å². The Balaban J connectivity index is 2.32. The van der Waals surface area contributed by atoms with Crippen molar-refractivity contribution in [3.63, 3.8) is 0 Å². The molecule has 1 aromatic carbocycles. The van der Waals surface area contributed by atoms with Crippen molar-refractivity contribution in [1.29, 1.82) is 0 Å². The van der Waals surface area contributed by atoms with Crippen LogP contribution in [0.25, 0.3) is 0 Å². The van der Waals surface area contributed by atoms with Gasteiger partial charge in [-0.3, -0.25) is 4.90 Å². The van der Waals surface area contributed by atoms with E-state index in [0.717, 1.165) is 11.1 Å². The quantitative estimate of drug-likeness (QED) is 0.787. The summed E-state index contributed by atoms with van der Waals surface area (Å²) in [5, 5.41) is 0.601. The smallest absolute Gasteiger partial charge is 0.410 e. The first-order valence-corrected chi connectivity index (χ1v) is 6.73. The predicted molar refractivity (Wildman–Crippen MR) is 73.5 cm³/mol. The van der Waals surface area contributed by atoms with Crippen molar-refractivity contribution in [2.75, 3.05) is 13.7 Å². The van der Waals surface area contributed by atoms with Gasteiger partial charge in [0.25, 0.3) is 0 Å². The number of carbonyl (C=O) groups is 2. The Morgan fingerprint density at radius 2 is 2.15 bits per heavy atom. The molecule has 0 aliphatic carbocycles. The highest BCUT2D eigenvalue weighted by molar-refractivity contribution is 6.30. The van der Waals surface area contributed by atoms with Crippen molar-refractivity contribution < 1.29 is 19.1 Å². The Bertz CT molecular complexity index is 532. The number of methoxy groups -OCH3 is 1. The number of rotatable bonds is 2. The zero-order valence-electron chi connectivity index (χ0n) is 11.4. The lowest BCUT2D eigenvalue weighted by molar-refractivity contribution is -0.147. The maximum Gasteiger partial charge on any atom is 0.410 e. The molecule has 1 aromatic rings. The standard InChI is InChI=1S/C14H16ClNO4/c1-3-20-14(18)16-8-10-6-11(15)5-4-9(10)7-12(16)13(17)19-2/h4-6,12H,3,7-8H2,1-2H3. The molecule has 1 atom stereocenters. The monoisotopic (exact) mass is 297 g/mol. The first-order chi connectivity index (χ1) is 9.56. The third kappa shape index (κ3) is 2.88. The number of carbonyl (C=O) groups excluding carboxylic acids is 2. The van der Waals surface area contributed by atoms with E-state index in [-0.39, 0.29) is 13.2 Å². The molecule has 1 heterocycles. The third-order valence-corrected chi connectivity index (χ3v) is 3.51. The van der Waals surface area contributed by atoms with E-state index in [1.807, 2.05) is 6.07 Å². The Labute approximate surface area is 122 Å². The normalized spacial score (nSPS) is 17.4. The first-order valence-electron chi connectivity index (χ1n) is 6.35. The van der Waals surface area contributed by atoms with E-state index in [1.54, 1.807) is 19.1 Å². The second kappa shape index (κ2) is 6.13. The number of esters is 1. The molecule has 1 unspecified atom stereocenters. The fourth-order valence-electron chi connectivity index (χ4n) is 2.30. The lowest BCUT2D eigenvalue weighted by atomic mass is 9.94. The van der Waals surface area contributed by atoms with Gasteiger partial charge in [0, 0.05) is 11.4 Å². The molecule has 5 nitrogen and oxygen atoms in total. The highest BCUT2D eigenvalue weighted by atomic mass is 35.5. The minimum atomic E-state index is -0.660. The number of halogens is 1. The van der Waals surface area contributed by atoms with Crippen LogP contribution in [0.15, 0.2) is 18.2 Å². The second-order valence-electron chi connectivity index (χ2n) is 4.48. The number of benzene rings is 1. The molecule has 20 heavy (non-hydrogen) atoms. The molecule has 1 amide bonds. The highest BCUT2D eigenvalue weighted by Gasteiger charge is 2.36. The van der Waals surface area contributed by atoms with Gasteiger partial charge in [0.2, 0.25) is 0 Å². The summed E-state index contributed by atoms with van der Waals surface area (Å²) in [6.07, 6.45) is -0.119. The molecular weight excluding hydrogens is 282 g/mol. The van der Waals surface area contributed by atoms with Crippen LogP contribution in [0.3, 0.4) is 0 Å². The van der Waals surface area contributed by atoms with Crippen LogP contribution in [-0.2, 0) is 27.2 Å². The van der Waals surface area contributed by atoms with Crippen LogP contribution in [0.2, 0.25) is 5.02 Å². The summed E-state index contributed by atoms with van der Waals surface area (Å²) in [5.41, 5.74) is 1.91. The fraction of sp³-hybridized carbons (Fsp3) is 0.429. The minimum Gasteiger partial charge on any atom is -0.467 e. The van der Waals surface area contributed by atoms with Crippen LogP contribution in [-0.4, -0.2) is 36.7 Å². The predicted octanol–water partition coefficient (Wildman–Crippen LogP) is 2.40. The molecule has 0 bridgehead atoms. The molecule has 0 aromatic heterocycles. The Morgan fingerprint density at radius 1 is 1.40 bits per heavy atom. The molecule has 1 aliphatic rings. The van der Waals surface area contributed by atoms with E-state index in [0.29, 0.717) is 11.4 Å². The van der Waals surface area contributed by atoms with Gasteiger partial charge < -0.3 is 9.47 Å². The number of amides is 1. The van der Waals surface area contributed by atoms with Gasteiger partial charge in [-0.25, -0.2) is 9.59 Å². The maximum atomic E-state index is 12.0. The summed E-state index contributed by atoms with van der Waals surface area (Å²) in [6.45, 7) is 2.26. The van der Waals surface area contributed by atoms with Crippen LogP contribution < -0.4 is 0 Å². The van der Waals surface area contributed by atoms with Crippen molar-refractivity contribution in [3.05, 3.63) is 34.3 Å². The van der Waals surface area contributed by atoms with Gasteiger partial charge in [-0.05, 0) is 30.2 Å². The van der Waals surface area contributed by atoms with Gasteiger partial charge in [-0.2, -0.15) is 0 Å². The Morgan fingerprint density at radius 3 is 2.80 bits per heavy atom. The molecule has 0 saturated carbocycles. The van der Waals surface area contributed by atoms with Crippen LogP contribution in [0, 0.1) is 0 Å². The zero-order chi connectivity index (χ0) is 14.7. The lowest BCUT2D eigenvalue weighted by Crippen LogP contribution is -2.49. The van der Waals surface area contributed by atoms with E-state index in [9.17, 15) is 9.59 Å². The number of hydrogen-bond acceptors (Lipinski definition) is 4. The van der Waals surface area contributed by atoms with Crippen molar-refractivity contribution in [2.24, 2.45) is 0 Å². The maximum absolute atomic E-state index is 12.0. The third-order valence-electron chi connectivity index (χ3n) is 3.27. The van der Waals surface area contributed by atoms with Crippen LogP contribution in [0.1, 0.15) is 18.1 Å². The molecule has 0 spiro atoms. The summed E-state index contributed by atoms with van der Waals surface area (Å²) in [4.78, 5) is 25.2. The SMILES string of the molecule is CCOC(=O)N1Cc2cc(Cl)ccc2CC1C(=O)OC. The van der Waals surface area contributed by atoms with Crippen molar-refractivity contribution in [2.45, 2.75) is 25.9 Å². The largest absolute Gasteiger partial charge is 0.467 e. The van der Waals surface area contributed by atoms with Crippen LogP contribution >= 0.6 is 11.6 Å². The highest BCUT2D eigenvalue weighted by Crippen LogP contribution is 2.27. The van der Waals surface area contributed by atoms with E-state index >= 15 is 0 Å². The minimum absolute atomic E-state index is 0.256. The molecule has 2 rings (SSSR count). The van der Waals surface area contributed by atoms with Crippen molar-refractivity contribution in [1.82, 2.24) is 4.90 Å². The van der Waals surface area contributed by atoms with Crippen molar-refractivity contribution >= 4 is 23.7 Å². The summed E-state index contributed by atoms with van der Waals surface area (Å²) in [7, 11) is 1.31. The summed E-state index contributed by atoms with van der Waals surface area (Å²) in [6, 6.07) is 4.79. The number of nitrogens with zero attached hydrogens (tertiary/aromatic N) is 1. The summed E-state index contributed by atoms with van der Waals surface area (Å²) < 4.78 is 9.77.